The van der Waals surface area contributed by atoms with Crippen LogP contribution >= 0.6 is 0 Å². The highest BCUT2D eigenvalue weighted by molar-refractivity contribution is 5.92. The smallest absolute Gasteiger partial charge is 0.193 e. The molecule has 6 heteroatoms. The minimum atomic E-state index is 0.386. The lowest BCUT2D eigenvalue weighted by Gasteiger charge is -2.41. The molecule has 1 aromatic heterocycles. The van der Waals surface area contributed by atoms with E-state index in [0.717, 1.165) is 18.3 Å². The van der Waals surface area contributed by atoms with E-state index in [1.54, 1.807) is 0 Å². The van der Waals surface area contributed by atoms with Gasteiger partial charge in [-0.2, -0.15) is 5.10 Å². The van der Waals surface area contributed by atoms with E-state index in [2.05, 4.69) is 26.4 Å². The minimum absolute atomic E-state index is 0.386. The van der Waals surface area contributed by atoms with Crippen molar-refractivity contribution in [3.8, 4) is 0 Å². The molecule has 1 aliphatic carbocycles. The Morgan fingerprint density at radius 3 is 2.73 bits per heavy atom. The summed E-state index contributed by atoms with van der Waals surface area (Å²) in [6, 6.07) is 13.2. The van der Waals surface area contributed by atoms with Gasteiger partial charge >= 0.3 is 0 Å². The van der Waals surface area contributed by atoms with E-state index in [0.29, 0.717) is 17.9 Å². The number of para-hydroxylation sites is 1. The Kier molecular flexibility index (Phi) is 4.93. The van der Waals surface area contributed by atoms with Crippen molar-refractivity contribution in [3.05, 3.63) is 48.3 Å². The summed E-state index contributed by atoms with van der Waals surface area (Å²) in [5.41, 5.74) is 8.40. The Labute approximate surface area is 155 Å². The molecule has 2 fully saturated rings. The number of hydrogen-bond donors (Lipinski definition) is 2. The Bertz CT molecular complexity index is 749. The van der Waals surface area contributed by atoms with Crippen molar-refractivity contribution in [2.24, 2.45) is 23.7 Å². The molecule has 3 N–H and O–H groups in total. The zero-order chi connectivity index (χ0) is 17.9. The van der Waals surface area contributed by atoms with E-state index in [-0.39, 0.29) is 0 Å². The maximum atomic E-state index is 6.13. The summed E-state index contributed by atoms with van der Waals surface area (Å²) < 4.78 is 2.02. The lowest BCUT2D eigenvalue weighted by molar-refractivity contribution is 0.0824. The molecule has 1 saturated carbocycles. The average molecular weight is 352 g/mol. The molecule has 6 nitrogen and oxygen atoms in total. The first-order valence-electron chi connectivity index (χ1n) is 9.58. The van der Waals surface area contributed by atoms with E-state index >= 15 is 0 Å². The Morgan fingerprint density at radius 1 is 1.23 bits per heavy atom. The quantitative estimate of drug-likeness (QED) is 0.641. The predicted molar refractivity (Wildman–Crippen MR) is 105 cm³/mol. The number of aryl methyl sites for hydroxylation is 1. The van der Waals surface area contributed by atoms with Gasteiger partial charge in [-0.3, -0.25) is 14.6 Å². The summed E-state index contributed by atoms with van der Waals surface area (Å²) >= 11 is 0. The number of guanidine groups is 1. The van der Waals surface area contributed by atoms with Gasteiger partial charge in [0.1, 0.15) is 0 Å². The summed E-state index contributed by atoms with van der Waals surface area (Å²) in [4.78, 5) is 7.36. The fourth-order valence-corrected chi connectivity index (χ4v) is 4.12. The van der Waals surface area contributed by atoms with Crippen LogP contribution in [0.1, 0.15) is 37.4 Å². The highest BCUT2D eigenvalue weighted by atomic mass is 15.3. The zero-order valence-electron chi connectivity index (χ0n) is 15.4. The number of nitrogens with one attached hydrogen (secondary N) is 1. The van der Waals surface area contributed by atoms with E-state index in [1.165, 1.54) is 37.9 Å². The van der Waals surface area contributed by atoms with Crippen molar-refractivity contribution in [2.45, 2.75) is 37.8 Å². The number of benzene rings is 1. The number of rotatable bonds is 5. The lowest BCUT2D eigenvalue weighted by Crippen LogP contribution is -2.42. The Balaban J connectivity index is 1.49. The average Bonchev–Trinajstić information content (AvgIpc) is 3.42. The van der Waals surface area contributed by atoms with Crippen molar-refractivity contribution in [3.63, 3.8) is 0 Å². The van der Waals surface area contributed by atoms with Crippen LogP contribution in [0.5, 0.6) is 0 Å². The van der Waals surface area contributed by atoms with Gasteiger partial charge in [-0.15, -0.1) is 0 Å². The largest absolute Gasteiger partial charge is 0.370 e. The summed E-state index contributed by atoms with van der Waals surface area (Å²) in [6.07, 6.45) is 6.96. The molecule has 26 heavy (non-hydrogen) atoms. The third-order valence-corrected chi connectivity index (χ3v) is 5.52. The van der Waals surface area contributed by atoms with Gasteiger partial charge in [-0.05, 0) is 56.3 Å². The molecular weight excluding hydrogens is 324 g/mol. The van der Waals surface area contributed by atoms with Gasteiger partial charge in [-0.1, -0.05) is 18.2 Å². The molecule has 0 radical (unpaired) electrons. The molecule has 1 aromatic carbocycles. The van der Waals surface area contributed by atoms with Crippen molar-refractivity contribution in [2.75, 3.05) is 18.4 Å². The van der Waals surface area contributed by atoms with Crippen LogP contribution in [-0.2, 0) is 7.05 Å². The number of nitrogens with two attached hydrogens (primary N) is 1. The van der Waals surface area contributed by atoms with Crippen LogP contribution in [0.15, 0.2) is 47.6 Å². The molecule has 2 atom stereocenters. The van der Waals surface area contributed by atoms with Gasteiger partial charge in [0.15, 0.2) is 5.96 Å². The van der Waals surface area contributed by atoms with Crippen LogP contribution < -0.4 is 11.1 Å². The molecule has 2 aromatic rings. The topological polar surface area (TPSA) is 71.5 Å². The number of likely N-dealkylation sites (tertiary alicyclic amines) is 1. The second-order valence-electron chi connectivity index (χ2n) is 7.41. The van der Waals surface area contributed by atoms with Gasteiger partial charge in [-0.25, -0.2) is 0 Å². The molecule has 0 unspecified atom stereocenters. The lowest BCUT2D eigenvalue weighted by atomic mass is 9.86. The highest BCUT2D eigenvalue weighted by Crippen LogP contribution is 2.42. The number of nitrogens with zero attached hydrogens (tertiary/aromatic N) is 4. The highest BCUT2D eigenvalue weighted by Gasteiger charge is 2.41. The number of hydrogen-bond acceptors (Lipinski definition) is 3. The molecule has 0 bridgehead atoms. The van der Waals surface area contributed by atoms with Crippen LogP contribution in [0.4, 0.5) is 5.69 Å². The van der Waals surface area contributed by atoms with Crippen LogP contribution in [0.25, 0.3) is 0 Å². The summed E-state index contributed by atoms with van der Waals surface area (Å²) in [5, 5.41) is 7.59. The fourth-order valence-electron chi connectivity index (χ4n) is 4.12. The molecule has 0 amide bonds. The second-order valence-corrected chi connectivity index (χ2v) is 7.41. The first kappa shape index (κ1) is 17.1. The van der Waals surface area contributed by atoms with Crippen LogP contribution in [0, 0.1) is 5.92 Å². The maximum Gasteiger partial charge on any atom is 0.193 e. The third kappa shape index (κ3) is 3.75. The van der Waals surface area contributed by atoms with Crippen LogP contribution in [0.2, 0.25) is 0 Å². The zero-order valence-corrected chi connectivity index (χ0v) is 15.4. The normalized spacial score (nSPS) is 24.6. The van der Waals surface area contributed by atoms with Crippen molar-refractivity contribution in [1.82, 2.24) is 14.7 Å². The first-order valence-corrected chi connectivity index (χ1v) is 9.58. The third-order valence-electron chi connectivity index (χ3n) is 5.52. The van der Waals surface area contributed by atoms with Gasteiger partial charge < -0.3 is 11.1 Å². The molecule has 2 aliphatic rings. The summed E-state index contributed by atoms with van der Waals surface area (Å²) in [6.45, 7) is 1.92. The van der Waals surface area contributed by atoms with Crippen molar-refractivity contribution < 1.29 is 0 Å². The predicted octanol–water partition coefficient (Wildman–Crippen LogP) is 2.76. The molecular formula is C20H28N6. The molecule has 1 aliphatic heterocycles. The van der Waals surface area contributed by atoms with E-state index in [9.17, 15) is 0 Å². The SMILES string of the molecule is Cn1nccc1[C@H]1[C@H](CN=C(N)Nc2ccccc2)CCCN1C1CC1. The summed E-state index contributed by atoms with van der Waals surface area (Å²) in [7, 11) is 2.04. The first-order chi connectivity index (χ1) is 12.7. The van der Waals surface area contributed by atoms with Gasteiger partial charge in [0.25, 0.3) is 0 Å². The molecule has 138 valence electrons. The molecule has 4 rings (SSSR count). The van der Waals surface area contributed by atoms with E-state index in [4.69, 9.17) is 5.73 Å². The monoisotopic (exact) mass is 352 g/mol. The van der Waals surface area contributed by atoms with Crippen LogP contribution in [-0.4, -0.2) is 39.8 Å². The van der Waals surface area contributed by atoms with Crippen molar-refractivity contribution >= 4 is 11.6 Å². The fraction of sp³-hybridized carbons (Fsp3) is 0.500. The standard InChI is InChI=1S/C20H28N6/c1-25-18(11-12-23-25)19-15(6-5-13-26(19)17-9-10-17)14-22-20(21)24-16-7-3-2-4-8-16/h2-4,7-8,11-12,15,17,19H,5-6,9-10,13-14H2,1H3,(H3,21,22,24)/t15-,19+/m0/s1. The van der Waals surface area contributed by atoms with Gasteiger partial charge in [0, 0.05) is 31.5 Å². The minimum Gasteiger partial charge on any atom is -0.370 e. The number of aliphatic imine (C=N–C) groups is 1. The van der Waals surface area contributed by atoms with Gasteiger partial charge in [0.05, 0.1) is 11.7 Å². The molecule has 2 heterocycles. The van der Waals surface area contributed by atoms with Crippen molar-refractivity contribution in [1.29, 1.82) is 0 Å². The van der Waals surface area contributed by atoms with E-state index in [1.807, 2.05) is 48.3 Å². The van der Waals surface area contributed by atoms with Crippen LogP contribution in [0.3, 0.4) is 0 Å². The number of anilines is 1. The molecule has 1 saturated heterocycles. The molecule has 0 spiro atoms. The van der Waals surface area contributed by atoms with E-state index < -0.39 is 0 Å². The number of piperidine rings is 1. The van der Waals surface area contributed by atoms with Gasteiger partial charge in [0.2, 0.25) is 0 Å². The second kappa shape index (κ2) is 7.50. The summed E-state index contributed by atoms with van der Waals surface area (Å²) in [5.74, 6) is 0.958. The maximum absolute atomic E-state index is 6.13. The number of aromatic nitrogens is 2. The Morgan fingerprint density at radius 2 is 2.04 bits per heavy atom. The Hall–Kier alpha value is -2.34.